The molecule has 1 aromatic carbocycles. The summed E-state index contributed by atoms with van der Waals surface area (Å²) in [4.78, 5) is 13.4. The number of rotatable bonds is 1. The molecule has 15 heavy (non-hydrogen) atoms. The van der Waals surface area contributed by atoms with Gasteiger partial charge in [0.05, 0.1) is 5.38 Å². The van der Waals surface area contributed by atoms with Crippen molar-refractivity contribution in [2.45, 2.75) is 18.7 Å². The van der Waals surface area contributed by atoms with E-state index in [-0.39, 0.29) is 11.3 Å². The van der Waals surface area contributed by atoms with Crippen LogP contribution in [0, 0.1) is 10.5 Å². The zero-order valence-corrected chi connectivity index (χ0v) is 11.2. The molecule has 1 aromatic rings. The van der Waals surface area contributed by atoms with Crippen molar-refractivity contribution in [2.75, 3.05) is 11.4 Å². The van der Waals surface area contributed by atoms with Gasteiger partial charge in [0.15, 0.2) is 0 Å². The predicted molar refractivity (Wildman–Crippen MR) is 70.5 cm³/mol. The Labute approximate surface area is 108 Å². The van der Waals surface area contributed by atoms with Gasteiger partial charge in [-0.1, -0.05) is 0 Å². The minimum Gasteiger partial charge on any atom is -0.311 e. The van der Waals surface area contributed by atoms with Gasteiger partial charge >= 0.3 is 0 Å². The molecule has 2 nitrogen and oxygen atoms in total. The number of aryl methyl sites for hydroxylation is 1. The number of carbonyl (C=O) groups is 1. The third-order valence-electron chi connectivity index (χ3n) is 2.53. The Bertz CT molecular complexity index is 408. The highest BCUT2D eigenvalue weighted by Gasteiger charge is 2.29. The number of carbonyl (C=O) groups excluding carboxylic acids is 1. The van der Waals surface area contributed by atoms with Crippen LogP contribution in [0.2, 0.25) is 0 Å². The van der Waals surface area contributed by atoms with Gasteiger partial charge in [0.2, 0.25) is 5.91 Å². The molecule has 0 spiro atoms. The molecule has 0 aliphatic carbocycles. The van der Waals surface area contributed by atoms with Crippen LogP contribution in [0.5, 0.6) is 0 Å². The lowest BCUT2D eigenvalue weighted by molar-refractivity contribution is -0.117. The normalized spacial score (nSPS) is 21.1. The Morgan fingerprint density at radius 2 is 2.27 bits per heavy atom. The molecule has 1 fully saturated rings. The van der Waals surface area contributed by atoms with E-state index in [0.29, 0.717) is 13.0 Å². The van der Waals surface area contributed by atoms with Gasteiger partial charge < -0.3 is 4.90 Å². The highest BCUT2D eigenvalue weighted by Crippen LogP contribution is 2.26. The molecule has 2 rings (SSSR count). The maximum absolute atomic E-state index is 11.6. The molecule has 1 aliphatic rings. The first kappa shape index (κ1) is 11.2. The van der Waals surface area contributed by atoms with Crippen LogP contribution in [0.25, 0.3) is 0 Å². The van der Waals surface area contributed by atoms with Crippen LogP contribution in [0.3, 0.4) is 0 Å². The zero-order valence-electron chi connectivity index (χ0n) is 8.34. The lowest BCUT2D eigenvalue weighted by atomic mass is 10.2. The Morgan fingerprint density at radius 3 is 2.80 bits per heavy atom. The Balaban J connectivity index is 2.30. The van der Waals surface area contributed by atoms with Gasteiger partial charge in [0.25, 0.3) is 0 Å². The Kier molecular flexibility index (Phi) is 3.21. The number of hydrogen-bond acceptors (Lipinski definition) is 1. The van der Waals surface area contributed by atoms with Gasteiger partial charge in [0.1, 0.15) is 0 Å². The molecule has 1 heterocycles. The Morgan fingerprint density at radius 1 is 1.53 bits per heavy atom. The van der Waals surface area contributed by atoms with Crippen LogP contribution >= 0.6 is 34.2 Å². The van der Waals surface area contributed by atoms with E-state index in [9.17, 15) is 4.79 Å². The molecule has 1 unspecified atom stereocenters. The van der Waals surface area contributed by atoms with Gasteiger partial charge in [-0.2, -0.15) is 0 Å². The van der Waals surface area contributed by atoms with Gasteiger partial charge in [0, 0.05) is 22.2 Å². The van der Waals surface area contributed by atoms with E-state index in [2.05, 4.69) is 22.6 Å². The van der Waals surface area contributed by atoms with E-state index < -0.39 is 0 Å². The number of anilines is 1. The van der Waals surface area contributed by atoms with E-state index in [0.717, 1.165) is 5.69 Å². The molecule has 1 aliphatic heterocycles. The third-order valence-corrected chi connectivity index (χ3v) is 4.03. The van der Waals surface area contributed by atoms with Gasteiger partial charge in [-0.05, 0) is 53.3 Å². The first-order chi connectivity index (χ1) is 7.08. The SMILES string of the molecule is Cc1cc(N2CC(Cl)CC2=O)ccc1I. The topological polar surface area (TPSA) is 20.3 Å². The lowest BCUT2D eigenvalue weighted by Crippen LogP contribution is -2.24. The van der Waals surface area contributed by atoms with Crippen LogP contribution in [0.15, 0.2) is 18.2 Å². The number of hydrogen-bond donors (Lipinski definition) is 0. The standard InChI is InChI=1S/C11H11ClINO/c1-7-4-9(2-3-10(7)13)14-6-8(12)5-11(14)15/h2-4,8H,5-6H2,1H3. The number of alkyl halides is 1. The fourth-order valence-corrected chi connectivity index (χ4v) is 2.32. The van der Waals surface area contributed by atoms with Gasteiger partial charge in [-0.3, -0.25) is 4.79 Å². The third kappa shape index (κ3) is 2.28. The molecular formula is C11H11ClINO. The molecule has 0 saturated carbocycles. The number of halogens is 2. The lowest BCUT2D eigenvalue weighted by Gasteiger charge is -2.16. The first-order valence-electron chi connectivity index (χ1n) is 4.78. The molecule has 0 bridgehead atoms. The summed E-state index contributed by atoms with van der Waals surface area (Å²) in [5, 5.41) is -0.0444. The maximum atomic E-state index is 11.6. The summed E-state index contributed by atoms with van der Waals surface area (Å²) in [6, 6.07) is 6.04. The molecule has 0 aromatic heterocycles. The fraction of sp³-hybridized carbons (Fsp3) is 0.364. The summed E-state index contributed by atoms with van der Waals surface area (Å²) in [7, 11) is 0. The van der Waals surface area contributed by atoms with Crippen molar-refractivity contribution in [1.29, 1.82) is 0 Å². The molecule has 0 N–H and O–H groups in total. The smallest absolute Gasteiger partial charge is 0.228 e. The molecule has 1 saturated heterocycles. The van der Waals surface area contributed by atoms with E-state index in [1.807, 2.05) is 25.1 Å². The van der Waals surface area contributed by atoms with Crippen LogP contribution in [0.1, 0.15) is 12.0 Å². The predicted octanol–water partition coefficient (Wildman–Crippen LogP) is 2.94. The quantitative estimate of drug-likeness (QED) is 0.571. The van der Waals surface area contributed by atoms with Crippen molar-refractivity contribution in [3.05, 3.63) is 27.3 Å². The van der Waals surface area contributed by atoms with E-state index in [4.69, 9.17) is 11.6 Å². The highest BCUT2D eigenvalue weighted by molar-refractivity contribution is 14.1. The van der Waals surface area contributed by atoms with Crippen molar-refractivity contribution in [3.8, 4) is 0 Å². The summed E-state index contributed by atoms with van der Waals surface area (Å²) < 4.78 is 1.21. The molecule has 0 radical (unpaired) electrons. The minimum absolute atomic E-state index is 0.0444. The van der Waals surface area contributed by atoms with Crippen molar-refractivity contribution >= 4 is 45.8 Å². The number of benzene rings is 1. The number of nitrogens with zero attached hydrogens (tertiary/aromatic N) is 1. The van der Waals surface area contributed by atoms with Crippen molar-refractivity contribution in [3.63, 3.8) is 0 Å². The summed E-state index contributed by atoms with van der Waals surface area (Å²) in [6.07, 6.45) is 0.451. The zero-order chi connectivity index (χ0) is 11.0. The van der Waals surface area contributed by atoms with Crippen molar-refractivity contribution in [1.82, 2.24) is 0 Å². The fourth-order valence-electron chi connectivity index (χ4n) is 1.71. The van der Waals surface area contributed by atoms with Crippen LogP contribution in [-0.4, -0.2) is 17.8 Å². The molecule has 1 atom stereocenters. The number of amides is 1. The summed E-state index contributed by atoms with van der Waals surface area (Å²) >= 11 is 8.24. The highest BCUT2D eigenvalue weighted by atomic mass is 127. The first-order valence-corrected chi connectivity index (χ1v) is 6.30. The molecular weight excluding hydrogens is 324 g/mol. The maximum Gasteiger partial charge on any atom is 0.228 e. The van der Waals surface area contributed by atoms with Crippen LogP contribution in [0.4, 0.5) is 5.69 Å². The second kappa shape index (κ2) is 4.29. The van der Waals surface area contributed by atoms with E-state index in [1.54, 1.807) is 4.90 Å². The summed E-state index contributed by atoms with van der Waals surface area (Å²) in [5.41, 5.74) is 2.15. The average Bonchev–Trinajstić information content (AvgIpc) is 2.50. The van der Waals surface area contributed by atoms with E-state index in [1.165, 1.54) is 9.13 Å². The second-order valence-electron chi connectivity index (χ2n) is 3.74. The monoisotopic (exact) mass is 335 g/mol. The van der Waals surface area contributed by atoms with Crippen LogP contribution < -0.4 is 4.90 Å². The van der Waals surface area contributed by atoms with Crippen molar-refractivity contribution < 1.29 is 4.79 Å². The average molecular weight is 336 g/mol. The largest absolute Gasteiger partial charge is 0.311 e. The second-order valence-corrected chi connectivity index (χ2v) is 5.52. The molecule has 1 amide bonds. The molecule has 4 heteroatoms. The minimum atomic E-state index is -0.0444. The van der Waals surface area contributed by atoms with Crippen molar-refractivity contribution in [2.24, 2.45) is 0 Å². The van der Waals surface area contributed by atoms with Crippen LogP contribution in [-0.2, 0) is 4.79 Å². The molecule has 80 valence electrons. The summed E-state index contributed by atoms with van der Waals surface area (Å²) in [5.74, 6) is 0.121. The van der Waals surface area contributed by atoms with Gasteiger partial charge in [-0.25, -0.2) is 0 Å². The summed E-state index contributed by atoms with van der Waals surface area (Å²) in [6.45, 7) is 2.67. The van der Waals surface area contributed by atoms with E-state index >= 15 is 0 Å². The van der Waals surface area contributed by atoms with Gasteiger partial charge in [-0.15, -0.1) is 11.6 Å². The Hall–Kier alpha value is -0.290.